The summed E-state index contributed by atoms with van der Waals surface area (Å²) < 4.78 is 30.8. The number of carbonyl (C=O) groups excluding carboxylic acids is 1. The van der Waals surface area contributed by atoms with Gasteiger partial charge < -0.3 is 5.32 Å². The molecule has 7 heteroatoms. The minimum atomic E-state index is -3.96. The lowest BCUT2D eigenvalue weighted by Gasteiger charge is -2.19. The maximum atomic E-state index is 13.1. The maximum Gasteiger partial charge on any atom is 0.282 e. The van der Waals surface area contributed by atoms with E-state index in [1.807, 2.05) is 24.3 Å². The Balaban J connectivity index is 1.70. The number of halogens is 1. The van der Waals surface area contributed by atoms with Gasteiger partial charge in [-0.2, -0.15) is 12.8 Å². The van der Waals surface area contributed by atoms with Crippen molar-refractivity contribution in [3.8, 4) is 0 Å². The molecule has 5 nitrogen and oxygen atoms in total. The van der Waals surface area contributed by atoms with Crippen LogP contribution in [0.2, 0.25) is 0 Å². The summed E-state index contributed by atoms with van der Waals surface area (Å²) in [5.41, 5.74) is 3.38. The number of hydrogen-bond donors (Lipinski definition) is 1. The van der Waals surface area contributed by atoms with Crippen LogP contribution in [0.15, 0.2) is 98.3 Å². The number of allylic oxidation sites excluding steroid dienone is 2. The average Bonchev–Trinajstić information content (AvgIpc) is 2.82. The molecule has 0 aromatic heterocycles. The predicted octanol–water partition coefficient (Wildman–Crippen LogP) is 6.16. The SMILES string of the molecule is CCCCc1ccc(NC2=CC(=NS(=O)(=O)c3ccc(Br)cc3)c3ccccc3C2=O)cc1. The summed E-state index contributed by atoms with van der Waals surface area (Å²) in [4.78, 5) is 13.2. The second-order valence-corrected chi connectivity index (χ2v) is 10.3. The molecular formula is C26H23BrN2O3S. The number of Topliss-reactive ketones (excluding diaryl/α,β-unsaturated/α-hetero) is 1. The quantitative estimate of drug-likeness (QED) is 0.403. The van der Waals surface area contributed by atoms with Crippen molar-refractivity contribution in [3.63, 3.8) is 0 Å². The second-order valence-electron chi connectivity index (χ2n) is 7.76. The normalized spacial score (nSPS) is 14.7. The first-order chi connectivity index (χ1) is 15.9. The van der Waals surface area contributed by atoms with Crippen LogP contribution >= 0.6 is 15.9 Å². The number of nitrogens with one attached hydrogen (secondary N) is 1. The standard InChI is InChI=1S/C26H23BrN2O3S/c1-2-3-6-18-9-13-20(14-10-18)28-25-17-24(22-7-4-5-8-23(22)26(25)30)29-33(31,32)21-15-11-19(27)12-16-21/h4-5,7-17,28H,2-3,6H2,1H3. The lowest BCUT2D eigenvalue weighted by Crippen LogP contribution is -2.22. The Kier molecular flexibility index (Phi) is 6.91. The first kappa shape index (κ1) is 23.1. The molecule has 0 saturated heterocycles. The highest BCUT2D eigenvalue weighted by Gasteiger charge is 2.26. The van der Waals surface area contributed by atoms with E-state index < -0.39 is 10.0 Å². The van der Waals surface area contributed by atoms with Gasteiger partial charge in [-0.05, 0) is 60.9 Å². The van der Waals surface area contributed by atoms with Crippen LogP contribution in [0.25, 0.3) is 0 Å². The van der Waals surface area contributed by atoms with Crippen LogP contribution in [-0.4, -0.2) is 19.9 Å². The van der Waals surface area contributed by atoms with Crippen molar-refractivity contribution < 1.29 is 13.2 Å². The molecule has 0 radical (unpaired) electrons. The summed E-state index contributed by atoms with van der Waals surface area (Å²) in [5, 5.41) is 3.15. The number of unbranched alkanes of at least 4 members (excludes halogenated alkanes) is 1. The van der Waals surface area contributed by atoms with Crippen molar-refractivity contribution in [3.05, 3.63) is 106 Å². The molecule has 0 aliphatic heterocycles. The summed E-state index contributed by atoms with van der Waals surface area (Å²) in [7, 11) is -3.96. The molecule has 0 amide bonds. The second kappa shape index (κ2) is 9.85. The van der Waals surface area contributed by atoms with Gasteiger partial charge in [0.25, 0.3) is 10.0 Å². The van der Waals surface area contributed by atoms with Crippen LogP contribution in [0.1, 0.15) is 41.3 Å². The van der Waals surface area contributed by atoms with E-state index in [0.29, 0.717) is 11.1 Å². The number of nitrogens with zero attached hydrogens (tertiary/aromatic N) is 1. The molecule has 4 rings (SSSR count). The van der Waals surface area contributed by atoms with E-state index in [9.17, 15) is 13.2 Å². The van der Waals surface area contributed by atoms with Gasteiger partial charge in [0.15, 0.2) is 0 Å². The van der Waals surface area contributed by atoms with E-state index >= 15 is 0 Å². The van der Waals surface area contributed by atoms with Crippen LogP contribution in [0.5, 0.6) is 0 Å². The van der Waals surface area contributed by atoms with Gasteiger partial charge >= 0.3 is 0 Å². The van der Waals surface area contributed by atoms with Crippen molar-refractivity contribution in [2.24, 2.45) is 4.40 Å². The number of aryl methyl sites for hydroxylation is 1. The predicted molar refractivity (Wildman–Crippen MR) is 135 cm³/mol. The minimum Gasteiger partial charge on any atom is -0.352 e. The Labute approximate surface area is 202 Å². The molecule has 3 aromatic carbocycles. The van der Waals surface area contributed by atoms with Crippen LogP contribution in [-0.2, 0) is 16.4 Å². The molecule has 0 unspecified atom stereocenters. The third-order valence-electron chi connectivity index (χ3n) is 5.36. The highest BCUT2D eigenvalue weighted by atomic mass is 79.9. The van der Waals surface area contributed by atoms with Crippen molar-refractivity contribution in [2.45, 2.75) is 31.1 Å². The molecule has 33 heavy (non-hydrogen) atoms. The average molecular weight is 523 g/mol. The van der Waals surface area contributed by atoms with Crippen molar-refractivity contribution in [2.75, 3.05) is 5.32 Å². The van der Waals surface area contributed by atoms with Gasteiger partial charge in [0.1, 0.15) is 0 Å². The molecule has 0 atom stereocenters. The van der Waals surface area contributed by atoms with E-state index in [4.69, 9.17) is 0 Å². The van der Waals surface area contributed by atoms with Crippen molar-refractivity contribution in [1.29, 1.82) is 0 Å². The number of carbonyl (C=O) groups is 1. The number of benzene rings is 3. The summed E-state index contributed by atoms with van der Waals surface area (Å²) in [6.07, 6.45) is 4.77. The fourth-order valence-electron chi connectivity index (χ4n) is 3.58. The Morgan fingerprint density at radius 3 is 2.24 bits per heavy atom. The van der Waals surface area contributed by atoms with Crippen molar-refractivity contribution >= 4 is 43.1 Å². The Bertz CT molecular complexity index is 1340. The molecule has 1 aliphatic rings. The summed E-state index contributed by atoms with van der Waals surface area (Å²) in [5.74, 6) is -0.208. The zero-order chi connectivity index (χ0) is 23.4. The third kappa shape index (κ3) is 5.31. The van der Waals surface area contributed by atoms with Gasteiger partial charge in [0, 0.05) is 21.3 Å². The first-order valence-corrected chi connectivity index (χ1v) is 12.9. The lowest BCUT2D eigenvalue weighted by molar-refractivity contribution is 0.103. The Hall–Kier alpha value is -3.03. The zero-order valence-electron chi connectivity index (χ0n) is 18.1. The van der Waals surface area contributed by atoms with Gasteiger partial charge in [-0.1, -0.05) is 65.7 Å². The van der Waals surface area contributed by atoms with Crippen LogP contribution < -0.4 is 5.32 Å². The molecule has 1 N–H and O–H groups in total. The Morgan fingerprint density at radius 2 is 1.58 bits per heavy atom. The maximum absolute atomic E-state index is 13.1. The number of fused-ring (bicyclic) bond motifs is 1. The molecule has 168 valence electrons. The smallest absolute Gasteiger partial charge is 0.282 e. The number of ketones is 1. The molecule has 3 aromatic rings. The number of hydrogen-bond acceptors (Lipinski definition) is 4. The topological polar surface area (TPSA) is 75.6 Å². The fraction of sp³-hybridized carbons (Fsp3) is 0.154. The molecule has 0 fully saturated rings. The number of anilines is 1. The molecule has 0 spiro atoms. The molecule has 0 heterocycles. The molecular weight excluding hydrogens is 500 g/mol. The highest BCUT2D eigenvalue weighted by Crippen LogP contribution is 2.26. The Morgan fingerprint density at radius 1 is 0.909 bits per heavy atom. The summed E-state index contributed by atoms with van der Waals surface area (Å²) >= 11 is 3.31. The van der Waals surface area contributed by atoms with Gasteiger partial charge in [-0.15, -0.1) is 0 Å². The van der Waals surface area contributed by atoms with E-state index in [2.05, 4.69) is 32.6 Å². The highest BCUT2D eigenvalue weighted by molar-refractivity contribution is 9.10. The largest absolute Gasteiger partial charge is 0.352 e. The van der Waals surface area contributed by atoms with Gasteiger partial charge in [0.2, 0.25) is 5.78 Å². The number of rotatable bonds is 7. The fourth-order valence-corrected chi connectivity index (χ4v) is 4.84. The van der Waals surface area contributed by atoms with Crippen LogP contribution in [0.3, 0.4) is 0 Å². The van der Waals surface area contributed by atoms with Gasteiger partial charge in [-0.25, -0.2) is 0 Å². The molecule has 0 bridgehead atoms. The van der Waals surface area contributed by atoms with E-state index in [0.717, 1.165) is 29.4 Å². The van der Waals surface area contributed by atoms with Crippen LogP contribution in [0.4, 0.5) is 5.69 Å². The summed E-state index contributed by atoms with van der Waals surface area (Å²) in [6.45, 7) is 2.16. The van der Waals surface area contributed by atoms with Gasteiger partial charge in [-0.3, -0.25) is 4.79 Å². The minimum absolute atomic E-state index is 0.0816. The molecule has 1 aliphatic carbocycles. The van der Waals surface area contributed by atoms with Crippen LogP contribution in [0, 0.1) is 0 Å². The van der Waals surface area contributed by atoms with E-state index in [1.54, 1.807) is 36.4 Å². The molecule has 0 saturated carbocycles. The van der Waals surface area contributed by atoms with E-state index in [1.165, 1.54) is 23.8 Å². The van der Waals surface area contributed by atoms with E-state index in [-0.39, 0.29) is 22.1 Å². The lowest BCUT2D eigenvalue weighted by atomic mass is 9.92. The monoisotopic (exact) mass is 522 g/mol. The van der Waals surface area contributed by atoms with Crippen molar-refractivity contribution in [1.82, 2.24) is 0 Å². The number of sulfonamides is 1. The third-order valence-corrected chi connectivity index (χ3v) is 7.19. The first-order valence-electron chi connectivity index (χ1n) is 10.7. The summed E-state index contributed by atoms with van der Waals surface area (Å²) in [6, 6.07) is 21.1. The zero-order valence-corrected chi connectivity index (χ0v) is 20.5. The van der Waals surface area contributed by atoms with Gasteiger partial charge in [0.05, 0.1) is 16.3 Å².